The molecule has 2 aliphatic heterocycles. The van der Waals surface area contributed by atoms with Crippen LogP contribution in [0.5, 0.6) is 0 Å². The van der Waals surface area contributed by atoms with Gasteiger partial charge in [-0.2, -0.15) is 0 Å². The molecule has 5 heteroatoms. The van der Waals surface area contributed by atoms with Crippen LogP contribution in [0.1, 0.15) is 104 Å². The van der Waals surface area contributed by atoms with Gasteiger partial charge in [-0.3, -0.25) is 0 Å². The molecule has 5 nitrogen and oxygen atoms in total. The van der Waals surface area contributed by atoms with E-state index in [9.17, 15) is 0 Å². The van der Waals surface area contributed by atoms with Crippen LogP contribution in [0.4, 0.5) is 0 Å². The Bertz CT molecular complexity index is 682. The van der Waals surface area contributed by atoms with Gasteiger partial charge >= 0.3 is 0 Å². The molecule has 2 aliphatic rings. The second-order valence-electron chi connectivity index (χ2n) is 10.9. The van der Waals surface area contributed by atoms with Crippen LogP contribution < -0.4 is 5.32 Å². The lowest BCUT2D eigenvalue weighted by Crippen LogP contribution is -2.45. The molecule has 3 rings (SSSR count). The van der Waals surface area contributed by atoms with Gasteiger partial charge in [0.1, 0.15) is 18.3 Å². The molecule has 5 atom stereocenters. The Morgan fingerprint density at radius 2 is 1.49 bits per heavy atom. The molecule has 35 heavy (non-hydrogen) atoms. The van der Waals surface area contributed by atoms with Crippen molar-refractivity contribution in [2.45, 2.75) is 141 Å². The van der Waals surface area contributed by atoms with Gasteiger partial charge in [0.2, 0.25) is 0 Å². The third-order valence-corrected chi connectivity index (χ3v) is 7.27. The third kappa shape index (κ3) is 9.77. The van der Waals surface area contributed by atoms with E-state index in [0.29, 0.717) is 0 Å². The van der Waals surface area contributed by atoms with E-state index in [2.05, 4.69) is 49.5 Å². The van der Waals surface area contributed by atoms with E-state index in [1.165, 1.54) is 63.4 Å². The molecule has 1 N–H and O–H groups in total. The molecule has 0 spiro atoms. The summed E-state index contributed by atoms with van der Waals surface area (Å²) >= 11 is 0. The summed E-state index contributed by atoms with van der Waals surface area (Å²) in [5.74, 6) is -0.594. The van der Waals surface area contributed by atoms with Crippen LogP contribution in [0.2, 0.25) is 0 Å². The number of nitrogens with one attached hydrogen (secondary N) is 1. The first-order valence-corrected chi connectivity index (χ1v) is 14.4. The van der Waals surface area contributed by atoms with E-state index in [1.807, 2.05) is 13.8 Å². The van der Waals surface area contributed by atoms with Crippen LogP contribution in [-0.2, 0) is 25.4 Å². The highest BCUT2D eigenvalue weighted by molar-refractivity contribution is 5.14. The number of aryl methyl sites for hydroxylation is 1. The van der Waals surface area contributed by atoms with Crippen LogP contribution in [-0.4, -0.2) is 49.6 Å². The van der Waals surface area contributed by atoms with Gasteiger partial charge in [-0.15, -0.1) is 0 Å². The van der Waals surface area contributed by atoms with E-state index < -0.39 is 5.79 Å². The molecule has 2 heterocycles. The van der Waals surface area contributed by atoms with Crippen molar-refractivity contribution < 1.29 is 18.9 Å². The van der Waals surface area contributed by atoms with Crippen molar-refractivity contribution in [3.05, 3.63) is 35.9 Å². The first kappa shape index (κ1) is 28.6. The van der Waals surface area contributed by atoms with Crippen molar-refractivity contribution in [3.63, 3.8) is 0 Å². The van der Waals surface area contributed by atoms with E-state index in [1.54, 1.807) is 0 Å². The molecule has 2 saturated heterocycles. The Kier molecular flexibility index (Phi) is 12.5. The van der Waals surface area contributed by atoms with Gasteiger partial charge in [-0.1, -0.05) is 95.0 Å². The number of hydrogen-bond acceptors (Lipinski definition) is 5. The Balaban J connectivity index is 1.33. The maximum atomic E-state index is 6.36. The number of hydrogen-bond donors (Lipinski definition) is 1. The predicted octanol–water partition coefficient (Wildman–Crippen LogP) is 6.78. The third-order valence-electron chi connectivity index (χ3n) is 7.27. The summed E-state index contributed by atoms with van der Waals surface area (Å²) in [6, 6.07) is 10.8. The maximum absolute atomic E-state index is 6.36. The molecule has 0 bridgehead atoms. The molecule has 1 aromatic rings. The maximum Gasteiger partial charge on any atom is 0.187 e. The second kappa shape index (κ2) is 15.3. The van der Waals surface area contributed by atoms with Crippen LogP contribution in [0.15, 0.2) is 30.3 Å². The summed E-state index contributed by atoms with van der Waals surface area (Å²) in [5, 5.41) is 3.65. The molecule has 0 amide bonds. The van der Waals surface area contributed by atoms with Crippen LogP contribution in [0.25, 0.3) is 0 Å². The fraction of sp³-hybridized carbons (Fsp3) is 0.800. The zero-order valence-electron chi connectivity index (χ0n) is 22.8. The van der Waals surface area contributed by atoms with Crippen LogP contribution in [0.3, 0.4) is 0 Å². The lowest BCUT2D eigenvalue weighted by atomic mass is 10.0. The highest BCUT2D eigenvalue weighted by atomic mass is 16.8. The summed E-state index contributed by atoms with van der Waals surface area (Å²) in [4.78, 5) is 0. The summed E-state index contributed by atoms with van der Waals surface area (Å²) in [5.41, 5.74) is 1.38. The number of rotatable bonds is 18. The molecule has 0 saturated carbocycles. The molecule has 0 radical (unpaired) electrons. The van der Waals surface area contributed by atoms with Crippen LogP contribution >= 0.6 is 0 Å². The van der Waals surface area contributed by atoms with Gasteiger partial charge in [0, 0.05) is 12.6 Å². The Morgan fingerprint density at radius 1 is 0.857 bits per heavy atom. The minimum absolute atomic E-state index is 0.0730. The number of benzene rings is 1. The highest BCUT2D eigenvalue weighted by Crippen LogP contribution is 2.40. The molecule has 0 aliphatic carbocycles. The number of fused-ring (bicyclic) bond motifs is 1. The molecule has 1 unspecified atom stereocenters. The Hall–Kier alpha value is -0.980. The first-order valence-electron chi connectivity index (χ1n) is 14.4. The minimum Gasteiger partial charge on any atom is -0.350 e. The van der Waals surface area contributed by atoms with Crippen molar-refractivity contribution in [1.82, 2.24) is 5.32 Å². The van der Waals surface area contributed by atoms with Crippen molar-refractivity contribution in [2.24, 2.45) is 0 Å². The zero-order valence-corrected chi connectivity index (χ0v) is 22.8. The Morgan fingerprint density at radius 3 is 2.17 bits per heavy atom. The molecule has 1 aromatic carbocycles. The zero-order chi connectivity index (χ0) is 24.9. The fourth-order valence-electron chi connectivity index (χ4n) is 5.30. The van der Waals surface area contributed by atoms with Gasteiger partial charge in [0.05, 0.1) is 0 Å². The van der Waals surface area contributed by atoms with E-state index in [-0.39, 0.29) is 30.6 Å². The quantitative estimate of drug-likeness (QED) is 0.230. The SMILES string of the molecule is CCCCCCCCCCCCO[C@@H]1O[C@H](C(C)NCCCc2ccccc2)[C@H]2OC(C)(C)O[C@@H]12. The summed E-state index contributed by atoms with van der Waals surface area (Å²) < 4.78 is 25.0. The standard InChI is InChI=1S/C30H51NO4/c1-5-6-7-8-9-10-11-12-13-17-23-32-29-28-27(34-30(3,4)35-28)26(33-29)24(2)31-22-18-21-25-19-15-14-16-20-25/h14-16,19-20,24,26-29,31H,5-13,17-18,21-23H2,1-4H3/t24?,26-,27-,28-,29-/m1/s1. The predicted molar refractivity (Wildman–Crippen MR) is 143 cm³/mol. The smallest absolute Gasteiger partial charge is 0.187 e. The van der Waals surface area contributed by atoms with E-state index in [4.69, 9.17) is 18.9 Å². The molecule has 2 fully saturated rings. The fourth-order valence-corrected chi connectivity index (χ4v) is 5.30. The van der Waals surface area contributed by atoms with Gasteiger partial charge in [0.15, 0.2) is 12.1 Å². The monoisotopic (exact) mass is 489 g/mol. The van der Waals surface area contributed by atoms with Gasteiger partial charge < -0.3 is 24.3 Å². The van der Waals surface area contributed by atoms with E-state index in [0.717, 1.165) is 32.4 Å². The molecular formula is C30H51NO4. The Labute approximate surface area is 214 Å². The van der Waals surface area contributed by atoms with Crippen molar-refractivity contribution >= 4 is 0 Å². The number of unbranched alkanes of at least 4 members (excludes halogenated alkanes) is 9. The van der Waals surface area contributed by atoms with Gasteiger partial charge in [0.25, 0.3) is 0 Å². The van der Waals surface area contributed by atoms with Crippen molar-refractivity contribution in [1.29, 1.82) is 0 Å². The lowest BCUT2D eigenvalue weighted by molar-refractivity contribution is -0.236. The average molecular weight is 490 g/mol. The van der Waals surface area contributed by atoms with Gasteiger partial charge in [-0.25, -0.2) is 0 Å². The molecule has 0 aromatic heterocycles. The minimum atomic E-state index is -0.594. The normalized spacial score (nSPS) is 26.2. The molecule has 200 valence electrons. The topological polar surface area (TPSA) is 49.0 Å². The average Bonchev–Trinajstić information content (AvgIpc) is 3.34. The molecular weight excluding hydrogens is 438 g/mol. The van der Waals surface area contributed by atoms with Crippen LogP contribution in [0, 0.1) is 0 Å². The summed E-state index contributed by atoms with van der Waals surface area (Å²) in [7, 11) is 0. The highest BCUT2D eigenvalue weighted by Gasteiger charge is 2.56. The number of ether oxygens (including phenoxy) is 4. The van der Waals surface area contributed by atoms with Crippen molar-refractivity contribution in [2.75, 3.05) is 13.2 Å². The van der Waals surface area contributed by atoms with Gasteiger partial charge in [-0.05, 0) is 52.1 Å². The summed E-state index contributed by atoms with van der Waals surface area (Å²) in [6.45, 7) is 10.1. The summed E-state index contributed by atoms with van der Waals surface area (Å²) in [6.07, 6.45) is 14.7. The largest absolute Gasteiger partial charge is 0.350 e. The lowest BCUT2D eigenvalue weighted by Gasteiger charge is -2.27. The first-order chi connectivity index (χ1) is 17.0. The second-order valence-corrected chi connectivity index (χ2v) is 10.9. The van der Waals surface area contributed by atoms with E-state index >= 15 is 0 Å². The van der Waals surface area contributed by atoms with Crippen molar-refractivity contribution in [3.8, 4) is 0 Å².